The van der Waals surface area contributed by atoms with Gasteiger partial charge in [0.1, 0.15) is 0 Å². The lowest BCUT2D eigenvalue weighted by atomic mass is 10.1. The van der Waals surface area contributed by atoms with Crippen LogP contribution in [0, 0.1) is 0 Å². The minimum Gasteiger partial charge on any atom is -0.209 e. The number of nitrogens with one attached hydrogen (secondary N) is 1. The van der Waals surface area contributed by atoms with E-state index in [1.165, 1.54) is 18.2 Å². The molecule has 1 fully saturated rings. The third-order valence-electron chi connectivity index (χ3n) is 3.50. The number of hydrogen-bond acceptors (Lipinski definition) is 2. The van der Waals surface area contributed by atoms with Crippen LogP contribution in [0.5, 0.6) is 0 Å². The molecule has 1 aliphatic carbocycles. The summed E-state index contributed by atoms with van der Waals surface area (Å²) in [4.78, 5) is 0. The maximum atomic E-state index is 12.0. The Hall–Kier alpha value is -0.840. The summed E-state index contributed by atoms with van der Waals surface area (Å²) >= 11 is 5.79. The molecule has 20 heavy (non-hydrogen) atoms. The highest BCUT2D eigenvalue weighted by molar-refractivity contribution is 7.92. The van der Waals surface area contributed by atoms with Gasteiger partial charge in [0, 0.05) is 16.5 Å². The van der Waals surface area contributed by atoms with Crippen molar-refractivity contribution in [1.29, 1.82) is 0 Å². The summed E-state index contributed by atoms with van der Waals surface area (Å²) < 4.78 is 26.8. The van der Waals surface area contributed by atoms with E-state index in [9.17, 15) is 8.42 Å². The number of hydrogen-bond donors (Lipinski definition) is 1. The first kappa shape index (κ1) is 15.5. The molecule has 0 bridgehead atoms. The predicted molar refractivity (Wildman–Crippen MR) is 84.0 cm³/mol. The molecule has 0 radical (unpaired) electrons. The predicted octanol–water partition coefficient (Wildman–Crippen LogP) is 3.95. The minimum atomic E-state index is -3.37. The van der Waals surface area contributed by atoms with Gasteiger partial charge >= 0.3 is 0 Å². The molecule has 1 aromatic rings. The van der Waals surface area contributed by atoms with E-state index >= 15 is 0 Å². The van der Waals surface area contributed by atoms with E-state index in [0.29, 0.717) is 5.02 Å². The average molecular weight is 314 g/mol. The van der Waals surface area contributed by atoms with Crippen molar-refractivity contribution in [1.82, 2.24) is 4.72 Å². The van der Waals surface area contributed by atoms with Gasteiger partial charge < -0.3 is 0 Å². The topological polar surface area (TPSA) is 46.2 Å². The lowest BCUT2D eigenvalue weighted by Gasteiger charge is -2.14. The third kappa shape index (κ3) is 5.27. The Kier molecular flexibility index (Phi) is 5.64. The highest BCUT2D eigenvalue weighted by atomic mass is 35.5. The summed E-state index contributed by atoms with van der Waals surface area (Å²) in [5.74, 6) is 0. The second-order valence-corrected chi connectivity index (χ2v) is 7.24. The minimum absolute atomic E-state index is 0.0809. The molecule has 0 atom stereocenters. The fourth-order valence-electron chi connectivity index (χ4n) is 2.41. The van der Waals surface area contributed by atoms with Gasteiger partial charge in [0.05, 0.1) is 0 Å². The molecule has 3 nitrogen and oxygen atoms in total. The lowest BCUT2D eigenvalue weighted by molar-refractivity contribution is 0.515. The van der Waals surface area contributed by atoms with E-state index in [1.807, 2.05) is 0 Å². The van der Waals surface area contributed by atoms with Gasteiger partial charge in [-0.3, -0.25) is 0 Å². The summed E-state index contributed by atoms with van der Waals surface area (Å²) in [5.41, 5.74) is 0.820. The molecule has 0 heterocycles. The van der Waals surface area contributed by atoms with E-state index in [4.69, 9.17) is 11.6 Å². The van der Waals surface area contributed by atoms with Gasteiger partial charge in [-0.2, -0.15) is 0 Å². The molecular weight excluding hydrogens is 294 g/mol. The molecule has 0 unspecified atom stereocenters. The molecule has 1 aromatic carbocycles. The van der Waals surface area contributed by atoms with Gasteiger partial charge in [-0.25, -0.2) is 13.1 Å². The van der Waals surface area contributed by atoms with Crippen molar-refractivity contribution >= 4 is 27.7 Å². The number of benzene rings is 1. The molecular formula is C15H20ClNO2S. The first-order valence-electron chi connectivity index (χ1n) is 7.01. The van der Waals surface area contributed by atoms with Crippen LogP contribution in [0.2, 0.25) is 5.02 Å². The first-order valence-corrected chi connectivity index (χ1v) is 8.93. The maximum Gasteiger partial charge on any atom is 0.233 e. The van der Waals surface area contributed by atoms with Crippen LogP contribution in [0.3, 0.4) is 0 Å². The smallest absolute Gasteiger partial charge is 0.209 e. The van der Waals surface area contributed by atoms with Crippen LogP contribution in [0.4, 0.5) is 0 Å². The first-order chi connectivity index (χ1) is 9.55. The number of rotatable bonds is 4. The lowest BCUT2D eigenvalue weighted by Crippen LogP contribution is -2.32. The summed E-state index contributed by atoms with van der Waals surface area (Å²) in [5, 5.41) is 1.88. The fourth-order valence-corrected chi connectivity index (χ4v) is 3.65. The summed E-state index contributed by atoms with van der Waals surface area (Å²) in [7, 11) is -3.37. The van der Waals surface area contributed by atoms with Crippen molar-refractivity contribution in [3.8, 4) is 0 Å². The van der Waals surface area contributed by atoms with Gasteiger partial charge in [0.25, 0.3) is 0 Å². The molecule has 0 aromatic heterocycles. The molecule has 1 saturated carbocycles. The Bertz CT molecular complexity index is 544. The van der Waals surface area contributed by atoms with Gasteiger partial charge in [0.15, 0.2) is 0 Å². The molecule has 0 spiro atoms. The number of sulfonamides is 1. The zero-order valence-electron chi connectivity index (χ0n) is 11.4. The van der Waals surface area contributed by atoms with Crippen LogP contribution in [-0.2, 0) is 10.0 Å². The van der Waals surface area contributed by atoms with Crippen molar-refractivity contribution in [3.63, 3.8) is 0 Å². The van der Waals surface area contributed by atoms with Crippen LogP contribution >= 0.6 is 11.6 Å². The molecule has 0 aliphatic heterocycles. The van der Waals surface area contributed by atoms with E-state index in [-0.39, 0.29) is 6.04 Å². The third-order valence-corrected chi connectivity index (χ3v) is 4.90. The average Bonchev–Trinajstić information content (AvgIpc) is 2.66. The Labute approximate surface area is 126 Å². The summed E-state index contributed by atoms with van der Waals surface area (Å²) in [6.45, 7) is 0. The monoisotopic (exact) mass is 313 g/mol. The summed E-state index contributed by atoms with van der Waals surface area (Å²) in [6.07, 6.45) is 8.09. The van der Waals surface area contributed by atoms with E-state index < -0.39 is 10.0 Å². The van der Waals surface area contributed by atoms with Gasteiger partial charge in [-0.1, -0.05) is 49.4 Å². The molecule has 0 saturated heterocycles. The van der Waals surface area contributed by atoms with Crippen molar-refractivity contribution < 1.29 is 8.42 Å². The Balaban J connectivity index is 1.97. The maximum absolute atomic E-state index is 12.0. The fraction of sp³-hybridized carbons (Fsp3) is 0.467. The van der Waals surface area contributed by atoms with Crippen molar-refractivity contribution in [3.05, 3.63) is 40.3 Å². The van der Waals surface area contributed by atoms with Crippen LogP contribution in [-0.4, -0.2) is 14.5 Å². The van der Waals surface area contributed by atoms with E-state index in [2.05, 4.69) is 4.72 Å². The molecule has 1 N–H and O–H groups in total. The van der Waals surface area contributed by atoms with Gasteiger partial charge in [0.2, 0.25) is 10.0 Å². The molecule has 110 valence electrons. The Morgan fingerprint density at radius 2 is 1.65 bits per heavy atom. The highest BCUT2D eigenvalue weighted by Gasteiger charge is 2.17. The summed E-state index contributed by atoms with van der Waals surface area (Å²) in [6, 6.07) is 7.15. The normalized spacial score (nSPS) is 18.2. The van der Waals surface area contributed by atoms with Crippen molar-refractivity contribution in [2.45, 2.75) is 44.6 Å². The standard InChI is InChI=1S/C15H20ClNO2S/c16-14-9-7-13(8-10-14)11-12-20(18,19)17-15-5-3-1-2-4-6-15/h7-12,15,17H,1-6H2/b12-11+. The SMILES string of the molecule is O=S(=O)(/C=C/c1ccc(Cl)cc1)NC1CCCCCC1. The van der Waals surface area contributed by atoms with E-state index in [0.717, 1.165) is 31.2 Å². The largest absolute Gasteiger partial charge is 0.233 e. The van der Waals surface area contributed by atoms with Crippen LogP contribution < -0.4 is 4.72 Å². The molecule has 1 aliphatic rings. The van der Waals surface area contributed by atoms with Gasteiger partial charge in [-0.05, 0) is 36.6 Å². The van der Waals surface area contributed by atoms with Crippen LogP contribution in [0.1, 0.15) is 44.1 Å². The number of halogens is 1. The van der Waals surface area contributed by atoms with Crippen molar-refractivity contribution in [2.24, 2.45) is 0 Å². The van der Waals surface area contributed by atoms with Gasteiger partial charge in [-0.15, -0.1) is 0 Å². The highest BCUT2D eigenvalue weighted by Crippen LogP contribution is 2.18. The van der Waals surface area contributed by atoms with Crippen LogP contribution in [0.15, 0.2) is 29.7 Å². The van der Waals surface area contributed by atoms with E-state index in [1.54, 1.807) is 30.3 Å². The second-order valence-electron chi connectivity index (χ2n) is 5.21. The Morgan fingerprint density at radius 1 is 1.05 bits per heavy atom. The van der Waals surface area contributed by atoms with Crippen LogP contribution in [0.25, 0.3) is 6.08 Å². The zero-order chi connectivity index (χ0) is 14.4. The quantitative estimate of drug-likeness (QED) is 0.855. The Morgan fingerprint density at radius 3 is 2.25 bits per heavy atom. The molecule has 5 heteroatoms. The zero-order valence-corrected chi connectivity index (χ0v) is 13.0. The van der Waals surface area contributed by atoms with Crippen molar-refractivity contribution in [2.75, 3.05) is 0 Å². The second kappa shape index (κ2) is 7.25. The molecule has 0 amide bonds. The molecule has 2 rings (SSSR count).